The molecule has 3 heteroatoms. The van der Waals surface area contributed by atoms with Gasteiger partial charge in [-0.1, -0.05) is 24.3 Å². The van der Waals surface area contributed by atoms with Crippen LogP contribution in [0.1, 0.15) is 5.69 Å². The van der Waals surface area contributed by atoms with Crippen LogP contribution in [0.2, 0.25) is 0 Å². The van der Waals surface area contributed by atoms with Crippen LogP contribution >= 0.6 is 0 Å². The summed E-state index contributed by atoms with van der Waals surface area (Å²) in [5.74, 6) is 0.477. The second-order valence-corrected chi connectivity index (χ2v) is 4.58. The van der Waals surface area contributed by atoms with Gasteiger partial charge >= 0.3 is 0 Å². The summed E-state index contributed by atoms with van der Waals surface area (Å²) in [6.07, 6.45) is 1.72. The van der Waals surface area contributed by atoms with Crippen LogP contribution in [-0.2, 0) is 16.9 Å². The molecule has 1 aromatic heterocycles. The molecule has 0 N–H and O–H groups in total. The zero-order valence-electron chi connectivity index (χ0n) is 8.17. The molecule has 0 saturated carbocycles. The first-order chi connectivity index (χ1) is 7.36. The minimum absolute atomic E-state index is 0.477. The molecular weight excluding hydrogens is 206 g/mol. The first kappa shape index (κ1) is 10.2. The Morgan fingerprint density at radius 2 is 1.73 bits per heavy atom. The van der Waals surface area contributed by atoms with Crippen molar-refractivity contribution in [2.75, 3.05) is 0 Å². The van der Waals surface area contributed by atoms with Crippen molar-refractivity contribution < 1.29 is 4.55 Å². The van der Waals surface area contributed by atoms with Crippen LogP contribution in [0.3, 0.4) is 0 Å². The Morgan fingerprint density at radius 1 is 1.00 bits per heavy atom. The maximum absolute atomic E-state index is 11.9. The van der Waals surface area contributed by atoms with Crippen molar-refractivity contribution in [2.24, 2.45) is 0 Å². The fraction of sp³-hybridized carbons (Fsp3) is 0.0833. The SMILES string of the molecule is [O-][S+](Cc1ccccn1)c1ccccc1. The molecule has 2 nitrogen and oxygen atoms in total. The molecule has 0 bridgehead atoms. The van der Waals surface area contributed by atoms with Crippen LogP contribution in [0.15, 0.2) is 59.6 Å². The van der Waals surface area contributed by atoms with E-state index in [2.05, 4.69) is 4.98 Å². The molecule has 2 rings (SSSR count). The van der Waals surface area contributed by atoms with Gasteiger partial charge in [-0.2, -0.15) is 0 Å². The second-order valence-electron chi connectivity index (χ2n) is 3.12. The third-order valence-corrected chi connectivity index (χ3v) is 3.37. The molecule has 0 spiro atoms. The van der Waals surface area contributed by atoms with E-state index in [-0.39, 0.29) is 0 Å². The van der Waals surface area contributed by atoms with Crippen LogP contribution < -0.4 is 0 Å². The molecule has 0 amide bonds. The van der Waals surface area contributed by atoms with Gasteiger partial charge in [-0.25, -0.2) is 0 Å². The molecule has 2 aromatic rings. The fourth-order valence-corrected chi connectivity index (χ4v) is 2.34. The first-order valence-corrected chi connectivity index (χ1v) is 6.01. The highest BCUT2D eigenvalue weighted by molar-refractivity contribution is 7.90. The summed E-state index contributed by atoms with van der Waals surface area (Å²) in [4.78, 5) is 5.00. The topological polar surface area (TPSA) is 36.0 Å². The van der Waals surface area contributed by atoms with Crippen molar-refractivity contribution in [3.8, 4) is 0 Å². The zero-order chi connectivity index (χ0) is 10.5. The van der Waals surface area contributed by atoms with Crippen molar-refractivity contribution in [1.82, 2.24) is 4.98 Å². The van der Waals surface area contributed by atoms with Crippen molar-refractivity contribution >= 4 is 11.2 Å². The van der Waals surface area contributed by atoms with Crippen LogP contribution in [0.5, 0.6) is 0 Å². The molecule has 0 aliphatic carbocycles. The van der Waals surface area contributed by atoms with E-state index in [1.165, 1.54) is 0 Å². The predicted octanol–water partition coefficient (Wildman–Crippen LogP) is 2.39. The highest BCUT2D eigenvalue weighted by atomic mass is 32.2. The molecule has 0 radical (unpaired) electrons. The minimum atomic E-state index is -0.997. The monoisotopic (exact) mass is 217 g/mol. The smallest absolute Gasteiger partial charge is 0.153 e. The molecule has 1 unspecified atom stereocenters. The Bertz CT molecular complexity index is 404. The number of pyridine rings is 1. The van der Waals surface area contributed by atoms with E-state index in [0.29, 0.717) is 5.75 Å². The van der Waals surface area contributed by atoms with Crippen molar-refractivity contribution in [1.29, 1.82) is 0 Å². The van der Waals surface area contributed by atoms with E-state index in [9.17, 15) is 4.55 Å². The fourth-order valence-electron chi connectivity index (χ4n) is 1.27. The lowest BCUT2D eigenvalue weighted by molar-refractivity contribution is 0.593. The van der Waals surface area contributed by atoms with Gasteiger partial charge in [-0.05, 0) is 35.4 Å². The molecule has 1 atom stereocenters. The van der Waals surface area contributed by atoms with E-state index < -0.39 is 11.2 Å². The van der Waals surface area contributed by atoms with Gasteiger partial charge in [0.05, 0.1) is 5.69 Å². The second kappa shape index (κ2) is 4.96. The number of benzene rings is 1. The normalized spacial score (nSPS) is 12.3. The quantitative estimate of drug-likeness (QED) is 0.740. The standard InChI is InChI=1S/C12H11NOS/c14-15(12-7-2-1-3-8-12)10-11-6-4-5-9-13-11/h1-9H,10H2. The van der Waals surface area contributed by atoms with Gasteiger partial charge in [0.15, 0.2) is 10.6 Å². The lowest BCUT2D eigenvalue weighted by Gasteiger charge is -2.09. The van der Waals surface area contributed by atoms with Crippen molar-refractivity contribution in [3.05, 3.63) is 60.4 Å². The summed E-state index contributed by atoms with van der Waals surface area (Å²) in [6.45, 7) is 0. The molecule has 0 fully saturated rings. The van der Waals surface area contributed by atoms with Gasteiger partial charge in [-0.15, -0.1) is 0 Å². The van der Waals surface area contributed by atoms with E-state index >= 15 is 0 Å². The van der Waals surface area contributed by atoms with Crippen LogP contribution in [0.25, 0.3) is 0 Å². The van der Waals surface area contributed by atoms with E-state index in [0.717, 1.165) is 10.6 Å². The van der Waals surface area contributed by atoms with Crippen molar-refractivity contribution in [3.63, 3.8) is 0 Å². The predicted molar refractivity (Wildman–Crippen MR) is 60.8 cm³/mol. The highest BCUT2D eigenvalue weighted by Crippen LogP contribution is 2.14. The lowest BCUT2D eigenvalue weighted by Crippen LogP contribution is -2.05. The Hall–Kier alpha value is -1.32. The Kier molecular flexibility index (Phi) is 3.37. The number of rotatable bonds is 3. The lowest BCUT2D eigenvalue weighted by atomic mass is 10.4. The average molecular weight is 217 g/mol. The molecule has 76 valence electrons. The maximum Gasteiger partial charge on any atom is 0.153 e. The number of hydrogen-bond donors (Lipinski definition) is 0. The largest absolute Gasteiger partial charge is 0.611 e. The Morgan fingerprint density at radius 3 is 2.40 bits per heavy atom. The highest BCUT2D eigenvalue weighted by Gasteiger charge is 2.11. The molecule has 1 heterocycles. The van der Waals surface area contributed by atoms with Crippen LogP contribution in [0.4, 0.5) is 0 Å². The third-order valence-electron chi connectivity index (χ3n) is 2.01. The summed E-state index contributed by atoms with van der Waals surface area (Å²) >= 11 is -0.997. The van der Waals surface area contributed by atoms with Gasteiger partial charge in [0.2, 0.25) is 0 Å². The average Bonchev–Trinajstić information content (AvgIpc) is 2.31. The minimum Gasteiger partial charge on any atom is -0.611 e. The molecule has 1 aromatic carbocycles. The van der Waals surface area contributed by atoms with E-state index in [4.69, 9.17) is 0 Å². The maximum atomic E-state index is 11.9. The first-order valence-electron chi connectivity index (χ1n) is 4.69. The summed E-state index contributed by atoms with van der Waals surface area (Å²) in [5, 5.41) is 0. The van der Waals surface area contributed by atoms with Gasteiger partial charge in [0.25, 0.3) is 0 Å². The Labute approximate surface area is 92.2 Å². The van der Waals surface area contributed by atoms with Gasteiger partial charge in [0.1, 0.15) is 0 Å². The number of nitrogens with zero attached hydrogens (tertiary/aromatic N) is 1. The third kappa shape index (κ3) is 2.81. The van der Waals surface area contributed by atoms with E-state index in [1.807, 2.05) is 48.5 Å². The summed E-state index contributed by atoms with van der Waals surface area (Å²) < 4.78 is 11.9. The molecule has 0 aliphatic rings. The molecular formula is C12H11NOS. The van der Waals surface area contributed by atoms with Gasteiger partial charge in [-0.3, -0.25) is 4.98 Å². The van der Waals surface area contributed by atoms with Gasteiger partial charge in [0, 0.05) is 6.20 Å². The zero-order valence-corrected chi connectivity index (χ0v) is 8.98. The van der Waals surface area contributed by atoms with Crippen LogP contribution in [0, 0.1) is 0 Å². The number of hydrogen-bond acceptors (Lipinski definition) is 2. The summed E-state index contributed by atoms with van der Waals surface area (Å²) in [7, 11) is 0. The molecule has 15 heavy (non-hydrogen) atoms. The summed E-state index contributed by atoms with van der Waals surface area (Å²) in [5.41, 5.74) is 0.861. The van der Waals surface area contributed by atoms with Crippen molar-refractivity contribution in [2.45, 2.75) is 10.6 Å². The Balaban J connectivity index is 2.08. The van der Waals surface area contributed by atoms with E-state index in [1.54, 1.807) is 6.20 Å². The van der Waals surface area contributed by atoms with Crippen LogP contribution in [-0.4, -0.2) is 9.54 Å². The summed E-state index contributed by atoms with van der Waals surface area (Å²) in [6, 6.07) is 15.1. The molecule has 0 aliphatic heterocycles. The van der Waals surface area contributed by atoms with Gasteiger partial charge < -0.3 is 4.55 Å². The molecule has 0 saturated heterocycles. The number of aromatic nitrogens is 1.